The van der Waals surface area contributed by atoms with E-state index < -0.39 is 5.56 Å². The summed E-state index contributed by atoms with van der Waals surface area (Å²) in [6, 6.07) is 0. The molecule has 0 aliphatic rings. The Labute approximate surface area is 71.0 Å². The number of nitrogens with zero attached hydrogens (tertiary/aromatic N) is 4. The first-order chi connectivity index (χ1) is 6.16. The summed E-state index contributed by atoms with van der Waals surface area (Å²) < 4.78 is 0. The van der Waals surface area contributed by atoms with Gasteiger partial charge in [0.25, 0.3) is 5.56 Å². The first-order valence-corrected chi connectivity index (χ1v) is 3.32. The van der Waals surface area contributed by atoms with E-state index in [0.717, 1.165) is 0 Å². The SMILES string of the molecule is Nc1nnc2nc(N)[nH]c(=O)c2n1. The Bertz CT molecular complexity index is 518. The molecule has 0 atom stereocenters. The fourth-order valence-electron chi connectivity index (χ4n) is 0.878. The van der Waals surface area contributed by atoms with E-state index in [1.165, 1.54) is 0 Å². The van der Waals surface area contributed by atoms with Gasteiger partial charge in [0.1, 0.15) is 0 Å². The number of nitrogen functional groups attached to an aromatic ring is 2. The number of aromatic nitrogens is 5. The highest BCUT2D eigenvalue weighted by molar-refractivity contribution is 5.69. The molecule has 0 bridgehead atoms. The molecule has 0 fully saturated rings. The van der Waals surface area contributed by atoms with Gasteiger partial charge in [0.05, 0.1) is 0 Å². The molecule has 8 heteroatoms. The Morgan fingerprint density at radius 3 is 2.69 bits per heavy atom. The lowest BCUT2D eigenvalue weighted by molar-refractivity contribution is 0.998. The number of hydrogen-bond acceptors (Lipinski definition) is 7. The highest BCUT2D eigenvalue weighted by Crippen LogP contribution is 2.00. The Morgan fingerprint density at radius 1 is 1.15 bits per heavy atom. The predicted octanol–water partition coefficient (Wildman–Crippen LogP) is -1.73. The van der Waals surface area contributed by atoms with E-state index in [2.05, 4.69) is 25.1 Å². The van der Waals surface area contributed by atoms with Crippen molar-refractivity contribution in [3.05, 3.63) is 10.4 Å². The van der Waals surface area contributed by atoms with Gasteiger partial charge in [-0.05, 0) is 0 Å². The van der Waals surface area contributed by atoms with E-state index >= 15 is 0 Å². The molecule has 0 saturated heterocycles. The topological polar surface area (TPSA) is 136 Å². The van der Waals surface area contributed by atoms with Crippen molar-refractivity contribution in [3.8, 4) is 0 Å². The summed E-state index contributed by atoms with van der Waals surface area (Å²) in [7, 11) is 0. The summed E-state index contributed by atoms with van der Waals surface area (Å²) in [6.45, 7) is 0. The third-order valence-corrected chi connectivity index (χ3v) is 1.37. The molecule has 66 valence electrons. The van der Waals surface area contributed by atoms with Crippen LogP contribution < -0.4 is 17.0 Å². The molecule has 0 aliphatic heterocycles. The quantitative estimate of drug-likeness (QED) is 0.437. The minimum Gasteiger partial charge on any atom is -0.369 e. The molecule has 2 aromatic heterocycles. The fourth-order valence-corrected chi connectivity index (χ4v) is 0.878. The molecule has 0 aromatic carbocycles. The van der Waals surface area contributed by atoms with E-state index in [9.17, 15) is 4.79 Å². The highest BCUT2D eigenvalue weighted by Gasteiger charge is 2.05. The van der Waals surface area contributed by atoms with Gasteiger partial charge in [0.2, 0.25) is 17.5 Å². The summed E-state index contributed by atoms with van der Waals surface area (Å²) >= 11 is 0. The molecule has 0 saturated carbocycles. The fraction of sp³-hybridized carbons (Fsp3) is 0. The number of hydrogen-bond donors (Lipinski definition) is 3. The van der Waals surface area contributed by atoms with Crippen molar-refractivity contribution in [2.75, 3.05) is 11.5 Å². The van der Waals surface area contributed by atoms with Crippen LogP contribution in [0.5, 0.6) is 0 Å². The number of nitrogens with one attached hydrogen (secondary N) is 1. The number of aromatic amines is 1. The highest BCUT2D eigenvalue weighted by atomic mass is 16.1. The zero-order valence-corrected chi connectivity index (χ0v) is 6.35. The summed E-state index contributed by atoms with van der Waals surface area (Å²) in [5.41, 5.74) is 10.1. The van der Waals surface area contributed by atoms with E-state index in [1.807, 2.05) is 0 Å². The second-order valence-corrected chi connectivity index (χ2v) is 2.29. The Kier molecular flexibility index (Phi) is 1.35. The van der Waals surface area contributed by atoms with Crippen molar-refractivity contribution in [1.29, 1.82) is 0 Å². The summed E-state index contributed by atoms with van der Waals surface area (Å²) in [5, 5.41) is 6.99. The van der Waals surface area contributed by atoms with Gasteiger partial charge < -0.3 is 11.5 Å². The van der Waals surface area contributed by atoms with Crippen LogP contribution in [0.4, 0.5) is 11.9 Å². The number of nitrogens with two attached hydrogens (primary N) is 2. The molecule has 0 spiro atoms. The average Bonchev–Trinajstić information content (AvgIpc) is 2.06. The lowest BCUT2D eigenvalue weighted by Gasteiger charge is -1.95. The second kappa shape index (κ2) is 2.37. The van der Waals surface area contributed by atoms with Crippen LogP contribution in [0.1, 0.15) is 0 Å². The smallest absolute Gasteiger partial charge is 0.280 e. The van der Waals surface area contributed by atoms with Crippen molar-refractivity contribution in [2.24, 2.45) is 0 Å². The third-order valence-electron chi connectivity index (χ3n) is 1.37. The molecule has 2 heterocycles. The molecule has 0 amide bonds. The molecular formula is C5H5N7O. The van der Waals surface area contributed by atoms with Crippen molar-refractivity contribution in [3.63, 3.8) is 0 Å². The summed E-state index contributed by atoms with van der Waals surface area (Å²) in [4.78, 5) is 20.8. The average molecular weight is 179 g/mol. The van der Waals surface area contributed by atoms with Crippen LogP contribution >= 0.6 is 0 Å². The van der Waals surface area contributed by atoms with Gasteiger partial charge in [-0.3, -0.25) is 9.78 Å². The second-order valence-electron chi connectivity index (χ2n) is 2.29. The van der Waals surface area contributed by atoms with Crippen LogP contribution in [0, 0.1) is 0 Å². The lowest BCUT2D eigenvalue weighted by atomic mass is 10.5. The maximum Gasteiger partial charge on any atom is 0.280 e. The molecule has 0 radical (unpaired) electrons. The lowest BCUT2D eigenvalue weighted by Crippen LogP contribution is -2.15. The standard InChI is InChI=1S/C5H5N7O/c6-4-9-2-1(3(13)10-4)8-5(7)12-11-2/h(H2,7,8,12)(H3,6,9,10,11,13). The zero-order chi connectivity index (χ0) is 9.42. The largest absolute Gasteiger partial charge is 0.369 e. The van der Waals surface area contributed by atoms with Crippen LogP contribution in [-0.2, 0) is 0 Å². The van der Waals surface area contributed by atoms with Gasteiger partial charge in [0.15, 0.2) is 5.52 Å². The van der Waals surface area contributed by atoms with E-state index in [-0.39, 0.29) is 23.1 Å². The van der Waals surface area contributed by atoms with Gasteiger partial charge in [-0.15, -0.1) is 10.2 Å². The summed E-state index contributed by atoms with van der Waals surface area (Å²) in [6.07, 6.45) is 0. The number of H-pyrrole nitrogens is 1. The molecule has 2 aromatic rings. The van der Waals surface area contributed by atoms with E-state index in [1.54, 1.807) is 0 Å². The maximum absolute atomic E-state index is 11.2. The Balaban J connectivity index is 2.95. The van der Waals surface area contributed by atoms with E-state index in [4.69, 9.17) is 11.5 Å². The molecule has 0 aliphatic carbocycles. The third kappa shape index (κ3) is 1.13. The van der Waals surface area contributed by atoms with Gasteiger partial charge in [-0.25, -0.2) is 4.98 Å². The zero-order valence-electron chi connectivity index (χ0n) is 6.35. The molecule has 0 unspecified atom stereocenters. The van der Waals surface area contributed by atoms with Gasteiger partial charge >= 0.3 is 0 Å². The van der Waals surface area contributed by atoms with Gasteiger partial charge in [0, 0.05) is 0 Å². The molecule has 13 heavy (non-hydrogen) atoms. The van der Waals surface area contributed by atoms with Crippen molar-refractivity contribution < 1.29 is 0 Å². The monoisotopic (exact) mass is 179 g/mol. The summed E-state index contributed by atoms with van der Waals surface area (Å²) in [5.74, 6) is -0.108. The maximum atomic E-state index is 11.2. The Hall–Kier alpha value is -2.25. The van der Waals surface area contributed by atoms with Crippen molar-refractivity contribution in [1.82, 2.24) is 25.1 Å². The Morgan fingerprint density at radius 2 is 1.92 bits per heavy atom. The number of anilines is 2. The van der Waals surface area contributed by atoms with Gasteiger partial charge in [-0.1, -0.05) is 0 Å². The van der Waals surface area contributed by atoms with Crippen LogP contribution in [0.3, 0.4) is 0 Å². The molecule has 5 N–H and O–H groups in total. The molecule has 8 nitrogen and oxygen atoms in total. The minimum absolute atomic E-state index is 0.0293. The van der Waals surface area contributed by atoms with Crippen LogP contribution in [0.15, 0.2) is 4.79 Å². The molecule has 2 rings (SSSR count). The first kappa shape index (κ1) is 7.40. The van der Waals surface area contributed by atoms with Crippen molar-refractivity contribution >= 4 is 23.1 Å². The first-order valence-electron chi connectivity index (χ1n) is 3.32. The van der Waals surface area contributed by atoms with Crippen LogP contribution in [0.25, 0.3) is 11.2 Å². The number of rotatable bonds is 0. The van der Waals surface area contributed by atoms with Gasteiger partial charge in [-0.2, -0.15) is 4.98 Å². The van der Waals surface area contributed by atoms with Crippen LogP contribution in [-0.4, -0.2) is 25.1 Å². The predicted molar refractivity (Wildman–Crippen MR) is 44.6 cm³/mol. The normalized spacial score (nSPS) is 10.5. The molecular weight excluding hydrogens is 174 g/mol. The van der Waals surface area contributed by atoms with Crippen molar-refractivity contribution in [2.45, 2.75) is 0 Å². The number of fused-ring (bicyclic) bond motifs is 1. The van der Waals surface area contributed by atoms with Crippen LogP contribution in [0.2, 0.25) is 0 Å². The minimum atomic E-state index is -0.482. The van der Waals surface area contributed by atoms with E-state index in [0.29, 0.717) is 0 Å².